The van der Waals surface area contributed by atoms with Crippen LogP contribution in [0.2, 0.25) is 0 Å². The number of anilines is 1. The maximum atomic E-state index is 12.1. The number of amides is 1. The number of rotatable bonds is 6. The molecule has 28 heavy (non-hydrogen) atoms. The molecule has 0 aliphatic heterocycles. The highest BCUT2D eigenvalue weighted by atomic mass is 16.1. The van der Waals surface area contributed by atoms with Crippen LogP contribution in [-0.4, -0.2) is 18.9 Å². The number of hydrogen-bond donors (Lipinski definition) is 3. The number of carbonyl (C=O) groups is 1. The van der Waals surface area contributed by atoms with Crippen molar-refractivity contribution in [2.75, 3.05) is 12.4 Å². The van der Waals surface area contributed by atoms with Gasteiger partial charge in [-0.2, -0.15) is 0 Å². The van der Waals surface area contributed by atoms with Crippen LogP contribution < -0.4 is 16.0 Å². The van der Waals surface area contributed by atoms with Crippen molar-refractivity contribution in [1.82, 2.24) is 10.6 Å². The van der Waals surface area contributed by atoms with Gasteiger partial charge in [0.2, 0.25) is 5.91 Å². The first kappa shape index (κ1) is 19.9. The van der Waals surface area contributed by atoms with Crippen LogP contribution in [0.1, 0.15) is 41.5 Å². The molecular weight excluding hydrogens is 348 g/mol. The number of benzene rings is 2. The number of aryl methyl sites for hydroxylation is 2. The molecular formula is C23H30N4O. The normalized spacial score (nSPS) is 14.3. The van der Waals surface area contributed by atoms with Gasteiger partial charge in [0, 0.05) is 31.7 Å². The zero-order chi connectivity index (χ0) is 19.9. The molecule has 1 fully saturated rings. The summed E-state index contributed by atoms with van der Waals surface area (Å²) in [6, 6.07) is 14.4. The zero-order valence-electron chi connectivity index (χ0n) is 17.0. The van der Waals surface area contributed by atoms with E-state index in [0.717, 1.165) is 43.0 Å². The van der Waals surface area contributed by atoms with Crippen molar-refractivity contribution in [2.45, 2.75) is 46.2 Å². The van der Waals surface area contributed by atoms with E-state index in [-0.39, 0.29) is 11.8 Å². The van der Waals surface area contributed by atoms with Crippen molar-refractivity contribution in [2.24, 2.45) is 10.9 Å². The van der Waals surface area contributed by atoms with Gasteiger partial charge in [-0.25, -0.2) is 0 Å². The highest BCUT2D eigenvalue weighted by Gasteiger charge is 2.25. The average molecular weight is 379 g/mol. The lowest BCUT2D eigenvalue weighted by atomic mass is 9.85. The molecule has 0 aromatic heterocycles. The standard InChI is InChI=1S/C23H30N4O/c1-16-10-11-20(17(2)12-16)15-26-23(24-3)25-14-18-6-4-9-21(13-18)27-22(28)19-7-5-8-19/h4,6,9-13,19H,5,7-8,14-15H2,1-3H3,(H,27,28)(H2,24,25,26). The van der Waals surface area contributed by atoms with E-state index in [0.29, 0.717) is 6.54 Å². The van der Waals surface area contributed by atoms with Crippen LogP contribution in [0.15, 0.2) is 47.5 Å². The molecule has 3 N–H and O–H groups in total. The third-order valence-electron chi connectivity index (χ3n) is 5.30. The Bertz CT molecular complexity index is 855. The fourth-order valence-corrected chi connectivity index (χ4v) is 3.30. The SMILES string of the molecule is CN=C(NCc1cccc(NC(=O)C2CCC2)c1)NCc1ccc(C)cc1C. The summed E-state index contributed by atoms with van der Waals surface area (Å²) in [6.45, 7) is 5.60. The lowest BCUT2D eigenvalue weighted by molar-refractivity contribution is -0.122. The van der Waals surface area contributed by atoms with E-state index in [9.17, 15) is 4.79 Å². The number of carbonyl (C=O) groups excluding carboxylic acids is 1. The van der Waals surface area contributed by atoms with Gasteiger partial charge in [-0.3, -0.25) is 9.79 Å². The molecule has 5 nitrogen and oxygen atoms in total. The highest BCUT2D eigenvalue weighted by molar-refractivity contribution is 5.93. The zero-order valence-corrected chi connectivity index (χ0v) is 17.0. The summed E-state index contributed by atoms with van der Waals surface area (Å²) in [6.07, 6.45) is 3.18. The van der Waals surface area contributed by atoms with Gasteiger partial charge in [0.25, 0.3) is 0 Å². The Kier molecular flexibility index (Phi) is 6.69. The molecule has 0 unspecified atom stereocenters. The van der Waals surface area contributed by atoms with Crippen LogP contribution in [0.4, 0.5) is 5.69 Å². The predicted molar refractivity (Wildman–Crippen MR) is 115 cm³/mol. The molecule has 0 spiro atoms. The lowest BCUT2D eigenvalue weighted by Gasteiger charge is -2.24. The molecule has 0 heterocycles. The summed E-state index contributed by atoms with van der Waals surface area (Å²) in [5.74, 6) is 1.08. The molecule has 2 aromatic carbocycles. The van der Waals surface area contributed by atoms with Gasteiger partial charge >= 0.3 is 0 Å². The summed E-state index contributed by atoms with van der Waals surface area (Å²) >= 11 is 0. The molecule has 0 bridgehead atoms. The minimum absolute atomic E-state index is 0.141. The molecule has 0 saturated heterocycles. The van der Waals surface area contributed by atoms with Gasteiger partial charge in [-0.15, -0.1) is 0 Å². The summed E-state index contributed by atoms with van der Waals surface area (Å²) in [5, 5.41) is 9.73. The fourth-order valence-electron chi connectivity index (χ4n) is 3.30. The quantitative estimate of drug-likeness (QED) is 0.527. The molecule has 0 radical (unpaired) electrons. The van der Waals surface area contributed by atoms with Gasteiger partial charge in [0.05, 0.1) is 0 Å². The Labute approximate surface area is 167 Å². The van der Waals surface area contributed by atoms with E-state index in [1.807, 2.05) is 24.3 Å². The van der Waals surface area contributed by atoms with Crippen molar-refractivity contribution in [1.29, 1.82) is 0 Å². The molecule has 148 valence electrons. The number of hydrogen-bond acceptors (Lipinski definition) is 2. The van der Waals surface area contributed by atoms with Crippen LogP contribution >= 0.6 is 0 Å². The van der Waals surface area contributed by atoms with Gasteiger partial charge in [-0.05, 0) is 55.5 Å². The third kappa shape index (κ3) is 5.35. The van der Waals surface area contributed by atoms with Gasteiger partial charge in [-0.1, -0.05) is 42.3 Å². The van der Waals surface area contributed by atoms with E-state index in [2.05, 4.69) is 53.0 Å². The first-order chi connectivity index (χ1) is 13.5. The van der Waals surface area contributed by atoms with Gasteiger partial charge < -0.3 is 16.0 Å². The fraction of sp³-hybridized carbons (Fsp3) is 0.391. The molecule has 1 amide bonds. The minimum atomic E-state index is 0.141. The van der Waals surface area contributed by atoms with Gasteiger partial charge in [0.1, 0.15) is 0 Å². The molecule has 2 aromatic rings. The predicted octanol–water partition coefficient (Wildman–Crippen LogP) is 3.91. The maximum absolute atomic E-state index is 12.1. The lowest BCUT2D eigenvalue weighted by Crippen LogP contribution is -2.36. The van der Waals surface area contributed by atoms with E-state index in [4.69, 9.17) is 0 Å². The van der Waals surface area contributed by atoms with E-state index >= 15 is 0 Å². The van der Waals surface area contributed by atoms with Crippen molar-refractivity contribution >= 4 is 17.6 Å². The van der Waals surface area contributed by atoms with E-state index < -0.39 is 0 Å². The minimum Gasteiger partial charge on any atom is -0.352 e. The van der Waals surface area contributed by atoms with Gasteiger partial charge in [0.15, 0.2) is 5.96 Å². The van der Waals surface area contributed by atoms with Crippen molar-refractivity contribution < 1.29 is 4.79 Å². The Morgan fingerprint density at radius 3 is 2.54 bits per heavy atom. The van der Waals surface area contributed by atoms with Crippen molar-refractivity contribution in [3.8, 4) is 0 Å². The second-order valence-electron chi connectivity index (χ2n) is 7.53. The number of guanidine groups is 1. The monoisotopic (exact) mass is 378 g/mol. The second-order valence-corrected chi connectivity index (χ2v) is 7.53. The van der Waals surface area contributed by atoms with E-state index in [1.54, 1.807) is 7.05 Å². The Morgan fingerprint density at radius 1 is 1.07 bits per heavy atom. The molecule has 1 aliphatic rings. The summed E-state index contributed by atoms with van der Waals surface area (Å²) in [4.78, 5) is 16.4. The Morgan fingerprint density at radius 2 is 1.86 bits per heavy atom. The smallest absolute Gasteiger partial charge is 0.227 e. The van der Waals surface area contributed by atoms with Crippen molar-refractivity contribution in [3.05, 3.63) is 64.7 Å². The average Bonchev–Trinajstić information content (AvgIpc) is 2.62. The van der Waals surface area contributed by atoms with Crippen LogP contribution in [0.25, 0.3) is 0 Å². The Balaban J connectivity index is 1.51. The number of nitrogens with one attached hydrogen (secondary N) is 3. The third-order valence-corrected chi connectivity index (χ3v) is 5.30. The van der Waals surface area contributed by atoms with Crippen LogP contribution in [0.3, 0.4) is 0 Å². The molecule has 1 saturated carbocycles. The van der Waals surface area contributed by atoms with Crippen LogP contribution in [0, 0.1) is 19.8 Å². The number of nitrogens with zero attached hydrogens (tertiary/aromatic N) is 1. The molecule has 0 atom stereocenters. The first-order valence-corrected chi connectivity index (χ1v) is 9.95. The van der Waals surface area contributed by atoms with Crippen LogP contribution in [-0.2, 0) is 17.9 Å². The maximum Gasteiger partial charge on any atom is 0.227 e. The second kappa shape index (κ2) is 9.40. The first-order valence-electron chi connectivity index (χ1n) is 9.95. The van der Waals surface area contributed by atoms with Crippen LogP contribution in [0.5, 0.6) is 0 Å². The summed E-state index contributed by atoms with van der Waals surface area (Å²) in [5.41, 5.74) is 5.76. The molecule has 5 heteroatoms. The highest BCUT2D eigenvalue weighted by Crippen LogP contribution is 2.27. The molecule has 3 rings (SSSR count). The molecule has 1 aliphatic carbocycles. The topological polar surface area (TPSA) is 65.5 Å². The number of aliphatic imine (C=N–C) groups is 1. The summed E-state index contributed by atoms with van der Waals surface area (Å²) in [7, 11) is 1.77. The van der Waals surface area contributed by atoms with E-state index in [1.165, 1.54) is 16.7 Å². The largest absolute Gasteiger partial charge is 0.352 e. The Hall–Kier alpha value is -2.82. The van der Waals surface area contributed by atoms with Crippen molar-refractivity contribution in [3.63, 3.8) is 0 Å². The summed E-state index contributed by atoms with van der Waals surface area (Å²) < 4.78 is 0.